The fourth-order valence-corrected chi connectivity index (χ4v) is 2.45. The molecule has 74 valence electrons. The number of fused-ring (bicyclic) bond motifs is 1. The van der Waals surface area contributed by atoms with Gasteiger partial charge in [-0.3, -0.25) is 0 Å². The zero-order valence-electron chi connectivity index (χ0n) is 8.66. The van der Waals surface area contributed by atoms with Gasteiger partial charge in [0.15, 0.2) is 0 Å². The molecule has 0 bridgehead atoms. The lowest BCUT2D eigenvalue weighted by Crippen LogP contribution is -2.39. The topological polar surface area (TPSA) is 3.24 Å². The summed E-state index contributed by atoms with van der Waals surface area (Å²) in [4.78, 5) is 3.25. The second-order valence-corrected chi connectivity index (χ2v) is 4.50. The summed E-state index contributed by atoms with van der Waals surface area (Å²) in [6, 6.07) is 9.10. The first-order valence-corrected chi connectivity index (χ1v) is 5.48. The molecule has 1 aromatic rings. The third kappa shape index (κ3) is 1.55. The average molecular weight is 205 g/mol. The first kappa shape index (κ1) is 9.66. The van der Waals surface area contributed by atoms with Gasteiger partial charge in [0.2, 0.25) is 0 Å². The van der Waals surface area contributed by atoms with Crippen LogP contribution < -0.4 is 4.90 Å². The highest BCUT2D eigenvalue weighted by molar-refractivity contribution is 7.80. The van der Waals surface area contributed by atoms with Crippen molar-refractivity contribution in [1.29, 1.82) is 0 Å². The largest absolute Gasteiger partial charge is 0.333 e. The molecule has 0 radical (unpaired) electrons. The minimum atomic E-state index is 0.544. The Morgan fingerprint density at radius 2 is 2.14 bits per heavy atom. The highest BCUT2D eigenvalue weighted by Gasteiger charge is 2.23. The molecule has 2 rings (SSSR count). The van der Waals surface area contributed by atoms with Crippen LogP contribution in [0.2, 0.25) is 0 Å². The van der Waals surface area contributed by atoms with E-state index in [0.717, 1.165) is 4.99 Å². The van der Waals surface area contributed by atoms with Crippen LogP contribution in [0.4, 0.5) is 5.69 Å². The monoisotopic (exact) mass is 205 g/mol. The molecule has 0 saturated carbocycles. The van der Waals surface area contributed by atoms with Gasteiger partial charge in [-0.05, 0) is 38.3 Å². The van der Waals surface area contributed by atoms with E-state index in [1.165, 1.54) is 24.1 Å². The van der Waals surface area contributed by atoms with Crippen molar-refractivity contribution < 1.29 is 0 Å². The van der Waals surface area contributed by atoms with Crippen molar-refractivity contribution in [2.45, 2.75) is 32.7 Å². The Hall–Kier alpha value is -0.890. The van der Waals surface area contributed by atoms with Crippen LogP contribution in [0.5, 0.6) is 0 Å². The van der Waals surface area contributed by atoms with E-state index in [4.69, 9.17) is 12.2 Å². The summed E-state index contributed by atoms with van der Waals surface area (Å²) in [5, 5.41) is 0. The molecule has 14 heavy (non-hydrogen) atoms. The van der Waals surface area contributed by atoms with E-state index in [-0.39, 0.29) is 0 Å². The molecule has 1 aliphatic heterocycles. The quantitative estimate of drug-likeness (QED) is 0.598. The van der Waals surface area contributed by atoms with Gasteiger partial charge in [0, 0.05) is 11.7 Å². The summed E-state index contributed by atoms with van der Waals surface area (Å²) in [5.41, 5.74) is 2.73. The third-order valence-electron chi connectivity index (χ3n) is 2.86. The van der Waals surface area contributed by atoms with Crippen LogP contribution in [0, 0.1) is 0 Å². The van der Waals surface area contributed by atoms with Gasteiger partial charge < -0.3 is 4.90 Å². The van der Waals surface area contributed by atoms with Crippen LogP contribution in [0.15, 0.2) is 24.3 Å². The molecule has 1 atom stereocenters. The van der Waals surface area contributed by atoms with E-state index in [0.29, 0.717) is 6.04 Å². The summed E-state index contributed by atoms with van der Waals surface area (Å²) >= 11 is 5.29. The van der Waals surface area contributed by atoms with Crippen LogP contribution in [0.25, 0.3) is 0 Å². The van der Waals surface area contributed by atoms with Crippen LogP contribution in [-0.2, 0) is 6.42 Å². The SMILES string of the molecule is CC(=S)N1c2ccccc2CC[C@H]1C. The zero-order chi connectivity index (χ0) is 10.1. The standard InChI is InChI=1S/C12H15NS/c1-9-7-8-11-5-3-4-6-12(11)13(9)10(2)14/h3-6,9H,7-8H2,1-2H3/t9-/m1/s1. The first-order valence-electron chi connectivity index (χ1n) is 5.08. The van der Waals surface area contributed by atoms with Crippen molar-refractivity contribution in [3.05, 3.63) is 29.8 Å². The summed E-state index contributed by atoms with van der Waals surface area (Å²) in [5.74, 6) is 0. The van der Waals surface area contributed by atoms with Crippen LogP contribution in [0.3, 0.4) is 0 Å². The fraction of sp³-hybridized carbons (Fsp3) is 0.417. The Balaban J connectivity index is 2.46. The number of aryl methyl sites for hydroxylation is 1. The molecule has 0 fully saturated rings. The molecule has 1 heterocycles. The highest BCUT2D eigenvalue weighted by atomic mass is 32.1. The molecule has 0 spiro atoms. The molecule has 1 aliphatic rings. The van der Waals surface area contributed by atoms with Crippen molar-refractivity contribution in [2.24, 2.45) is 0 Å². The van der Waals surface area contributed by atoms with Crippen molar-refractivity contribution >= 4 is 22.9 Å². The van der Waals surface area contributed by atoms with Gasteiger partial charge in [-0.25, -0.2) is 0 Å². The summed E-state index contributed by atoms with van der Waals surface area (Å²) in [6.45, 7) is 4.25. The Bertz CT molecular complexity index is 359. The third-order valence-corrected chi connectivity index (χ3v) is 3.06. The predicted molar refractivity (Wildman–Crippen MR) is 65.0 cm³/mol. The normalized spacial score (nSPS) is 20.4. The number of para-hydroxylation sites is 1. The molecular weight excluding hydrogens is 190 g/mol. The van der Waals surface area contributed by atoms with Gasteiger partial charge in [-0.2, -0.15) is 0 Å². The lowest BCUT2D eigenvalue weighted by molar-refractivity contribution is 0.630. The van der Waals surface area contributed by atoms with E-state index in [2.05, 4.69) is 36.1 Å². The van der Waals surface area contributed by atoms with Crippen molar-refractivity contribution in [1.82, 2.24) is 0 Å². The number of hydrogen-bond donors (Lipinski definition) is 0. The Morgan fingerprint density at radius 3 is 2.86 bits per heavy atom. The van der Waals surface area contributed by atoms with E-state index < -0.39 is 0 Å². The summed E-state index contributed by atoms with van der Waals surface area (Å²) < 4.78 is 0. The highest BCUT2D eigenvalue weighted by Crippen LogP contribution is 2.30. The minimum absolute atomic E-state index is 0.544. The molecular formula is C12H15NS. The molecule has 1 nitrogen and oxygen atoms in total. The lowest BCUT2D eigenvalue weighted by atomic mass is 9.97. The van der Waals surface area contributed by atoms with E-state index in [1.807, 2.05) is 6.92 Å². The first-order chi connectivity index (χ1) is 6.70. The lowest BCUT2D eigenvalue weighted by Gasteiger charge is -2.36. The van der Waals surface area contributed by atoms with Crippen molar-refractivity contribution in [3.63, 3.8) is 0 Å². The number of benzene rings is 1. The van der Waals surface area contributed by atoms with Crippen LogP contribution in [0.1, 0.15) is 25.8 Å². The van der Waals surface area contributed by atoms with E-state index in [1.54, 1.807) is 0 Å². The van der Waals surface area contributed by atoms with Gasteiger partial charge in [0.25, 0.3) is 0 Å². The average Bonchev–Trinajstić information content (AvgIpc) is 2.17. The summed E-state index contributed by atoms with van der Waals surface area (Å²) in [7, 11) is 0. The minimum Gasteiger partial charge on any atom is -0.333 e. The van der Waals surface area contributed by atoms with Gasteiger partial charge in [0.05, 0.1) is 4.99 Å². The number of thiocarbonyl (C=S) groups is 1. The van der Waals surface area contributed by atoms with Crippen molar-refractivity contribution in [3.8, 4) is 0 Å². The Labute approximate surface area is 90.7 Å². The molecule has 0 saturated heterocycles. The summed E-state index contributed by atoms with van der Waals surface area (Å²) in [6.07, 6.45) is 2.38. The van der Waals surface area contributed by atoms with Crippen molar-refractivity contribution in [2.75, 3.05) is 4.90 Å². The number of nitrogens with zero attached hydrogens (tertiary/aromatic N) is 1. The number of hydrogen-bond acceptors (Lipinski definition) is 1. The zero-order valence-corrected chi connectivity index (χ0v) is 9.47. The van der Waals surface area contributed by atoms with Gasteiger partial charge >= 0.3 is 0 Å². The van der Waals surface area contributed by atoms with Gasteiger partial charge in [0.1, 0.15) is 0 Å². The molecule has 0 N–H and O–H groups in total. The number of rotatable bonds is 0. The molecule has 0 aliphatic carbocycles. The van der Waals surface area contributed by atoms with E-state index >= 15 is 0 Å². The van der Waals surface area contributed by atoms with Crippen LogP contribution >= 0.6 is 12.2 Å². The second kappa shape index (κ2) is 3.70. The maximum absolute atomic E-state index is 5.29. The maximum Gasteiger partial charge on any atom is 0.0794 e. The smallest absolute Gasteiger partial charge is 0.0794 e. The predicted octanol–water partition coefficient (Wildman–Crippen LogP) is 3.18. The molecule has 1 aromatic carbocycles. The molecule has 0 amide bonds. The van der Waals surface area contributed by atoms with Crippen LogP contribution in [-0.4, -0.2) is 11.0 Å². The number of anilines is 1. The molecule has 0 aromatic heterocycles. The van der Waals surface area contributed by atoms with Gasteiger partial charge in [-0.15, -0.1) is 0 Å². The fourth-order valence-electron chi connectivity index (χ4n) is 2.17. The Kier molecular flexibility index (Phi) is 2.55. The molecule has 0 unspecified atom stereocenters. The second-order valence-electron chi connectivity index (χ2n) is 3.91. The maximum atomic E-state index is 5.29. The Morgan fingerprint density at radius 1 is 1.43 bits per heavy atom. The van der Waals surface area contributed by atoms with Gasteiger partial charge in [-0.1, -0.05) is 30.4 Å². The van der Waals surface area contributed by atoms with E-state index in [9.17, 15) is 0 Å². The molecule has 2 heteroatoms.